The summed E-state index contributed by atoms with van der Waals surface area (Å²) in [5.74, 6) is -0.468. The Labute approximate surface area is 120 Å². The lowest BCUT2D eigenvalue weighted by Crippen LogP contribution is -2.45. The van der Waals surface area contributed by atoms with E-state index in [1.165, 1.54) is 0 Å². The average molecular weight is 286 g/mol. The van der Waals surface area contributed by atoms with Crippen LogP contribution in [0.5, 0.6) is 0 Å². The molecule has 1 fully saturated rings. The Bertz CT molecular complexity index is 312. The minimum atomic E-state index is -0.769. The van der Waals surface area contributed by atoms with Crippen LogP contribution < -0.4 is 5.32 Å². The van der Waals surface area contributed by atoms with Gasteiger partial charge in [-0.3, -0.25) is 4.79 Å². The Kier molecular flexibility index (Phi) is 7.36. The lowest BCUT2D eigenvalue weighted by Gasteiger charge is -2.33. The number of piperidine rings is 1. The Balaban J connectivity index is 2.07. The zero-order valence-electron chi connectivity index (χ0n) is 12.2. The van der Waals surface area contributed by atoms with E-state index in [0.29, 0.717) is 32.0 Å². The first-order valence-electron chi connectivity index (χ1n) is 7.43. The van der Waals surface area contributed by atoms with Crippen LogP contribution in [-0.4, -0.2) is 52.9 Å². The number of hydrogen-bond donors (Lipinski definition) is 3. The number of aliphatic hydroxyl groups excluding tert-OH is 1. The summed E-state index contributed by atoms with van der Waals surface area (Å²) >= 11 is 0. The summed E-state index contributed by atoms with van der Waals surface area (Å²) < 4.78 is 0. The molecule has 0 spiro atoms. The first-order valence-corrected chi connectivity index (χ1v) is 7.43. The van der Waals surface area contributed by atoms with Crippen molar-refractivity contribution in [2.24, 2.45) is 5.92 Å². The third kappa shape index (κ3) is 6.23. The lowest BCUT2D eigenvalue weighted by molar-refractivity contribution is -0.137. The third-order valence-corrected chi connectivity index (χ3v) is 3.85. The molecule has 0 aromatic carbocycles. The van der Waals surface area contributed by atoms with Gasteiger partial charge in [-0.2, -0.15) is 0 Å². The summed E-state index contributed by atoms with van der Waals surface area (Å²) in [5.41, 5.74) is 0. The summed E-state index contributed by atoms with van der Waals surface area (Å²) in [7, 11) is 0. The molecule has 1 atom stereocenters. The second kappa shape index (κ2) is 8.79. The van der Waals surface area contributed by atoms with Gasteiger partial charge in [-0.25, -0.2) is 4.79 Å². The quantitative estimate of drug-likeness (QED) is 0.618. The molecule has 1 rings (SSSR count). The first kappa shape index (κ1) is 16.8. The number of likely N-dealkylation sites (tertiary alicyclic amines) is 1. The molecule has 20 heavy (non-hydrogen) atoms. The molecular formula is C14H26N2O4. The largest absolute Gasteiger partial charge is 0.481 e. The van der Waals surface area contributed by atoms with Crippen molar-refractivity contribution < 1.29 is 19.8 Å². The molecule has 6 heteroatoms. The van der Waals surface area contributed by atoms with Gasteiger partial charge in [-0.15, -0.1) is 0 Å². The summed E-state index contributed by atoms with van der Waals surface area (Å²) in [6.45, 7) is 3.78. The molecule has 0 aromatic rings. The second-order valence-electron chi connectivity index (χ2n) is 5.50. The van der Waals surface area contributed by atoms with Gasteiger partial charge < -0.3 is 20.4 Å². The van der Waals surface area contributed by atoms with Crippen molar-refractivity contribution in [2.45, 2.75) is 51.6 Å². The number of carbonyl (C=O) groups is 2. The molecule has 3 N–H and O–H groups in total. The number of hydrogen-bond acceptors (Lipinski definition) is 3. The number of amides is 2. The van der Waals surface area contributed by atoms with Crippen LogP contribution >= 0.6 is 0 Å². The van der Waals surface area contributed by atoms with Crippen LogP contribution in [0.4, 0.5) is 4.79 Å². The van der Waals surface area contributed by atoms with Crippen molar-refractivity contribution in [2.75, 3.05) is 19.6 Å². The number of carboxylic acid groups (broad SMARTS) is 1. The molecule has 1 aliphatic heterocycles. The van der Waals surface area contributed by atoms with Gasteiger partial charge >= 0.3 is 12.0 Å². The number of rotatable bonds is 7. The van der Waals surface area contributed by atoms with Gasteiger partial charge in [0.25, 0.3) is 0 Å². The van der Waals surface area contributed by atoms with Gasteiger partial charge in [0.1, 0.15) is 0 Å². The molecule has 0 bridgehead atoms. The highest BCUT2D eigenvalue weighted by Crippen LogP contribution is 2.20. The van der Waals surface area contributed by atoms with Crippen LogP contribution in [0.15, 0.2) is 0 Å². The van der Waals surface area contributed by atoms with E-state index in [1.807, 2.05) is 0 Å². The van der Waals surface area contributed by atoms with Crippen molar-refractivity contribution in [1.82, 2.24) is 10.2 Å². The smallest absolute Gasteiger partial charge is 0.317 e. The number of nitrogens with zero attached hydrogens (tertiary/aromatic N) is 1. The molecule has 1 unspecified atom stereocenters. The van der Waals surface area contributed by atoms with E-state index >= 15 is 0 Å². The topological polar surface area (TPSA) is 89.9 Å². The number of carboxylic acids is 1. The van der Waals surface area contributed by atoms with Gasteiger partial charge in [-0.05, 0) is 38.5 Å². The average Bonchev–Trinajstić information content (AvgIpc) is 2.42. The number of urea groups is 1. The van der Waals surface area contributed by atoms with E-state index in [0.717, 1.165) is 25.7 Å². The van der Waals surface area contributed by atoms with Gasteiger partial charge in [0.2, 0.25) is 0 Å². The van der Waals surface area contributed by atoms with Gasteiger partial charge in [0.15, 0.2) is 0 Å². The standard InChI is InChI=1S/C14H26N2O4/c1-11(17)12-6-9-16(10-7-12)14(20)15-8-4-2-3-5-13(18)19/h11-12,17H,2-10H2,1H3,(H,15,20)(H,18,19). The van der Waals surface area contributed by atoms with E-state index < -0.39 is 5.97 Å². The summed E-state index contributed by atoms with van der Waals surface area (Å²) in [4.78, 5) is 24.0. The highest BCUT2D eigenvalue weighted by atomic mass is 16.4. The monoisotopic (exact) mass is 286 g/mol. The molecule has 116 valence electrons. The van der Waals surface area contributed by atoms with E-state index in [2.05, 4.69) is 5.32 Å². The Morgan fingerprint density at radius 3 is 2.45 bits per heavy atom. The SMILES string of the molecule is CC(O)C1CCN(C(=O)NCCCCCC(=O)O)CC1. The third-order valence-electron chi connectivity index (χ3n) is 3.85. The van der Waals surface area contributed by atoms with Crippen LogP contribution in [0.25, 0.3) is 0 Å². The minimum Gasteiger partial charge on any atom is -0.481 e. The second-order valence-corrected chi connectivity index (χ2v) is 5.50. The molecule has 1 saturated heterocycles. The van der Waals surface area contributed by atoms with Crippen molar-refractivity contribution in [3.8, 4) is 0 Å². The van der Waals surface area contributed by atoms with E-state index in [4.69, 9.17) is 5.11 Å². The van der Waals surface area contributed by atoms with Crippen LogP contribution in [0.1, 0.15) is 45.4 Å². The Hall–Kier alpha value is -1.30. The maximum atomic E-state index is 11.9. The predicted octanol–water partition coefficient (Wildman–Crippen LogP) is 1.43. The zero-order chi connectivity index (χ0) is 15.0. The highest BCUT2D eigenvalue weighted by molar-refractivity contribution is 5.74. The fourth-order valence-electron chi connectivity index (χ4n) is 2.47. The fourth-order valence-corrected chi connectivity index (χ4v) is 2.47. The van der Waals surface area contributed by atoms with Crippen molar-refractivity contribution in [3.63, 3.8) is 0 Å². The van der Waals surface area contributed by atoms with Crippen molar-refractivity contribution in [1.29, 1.82) is 0 Å². The number of nitrogens with one attached hydrogen (secondary N) is 1. The predicted molar refractivity (Wildman–Crippen MR) is 75.5 cm³/mol. The van der Waals surface area contributed by atoms with Crippen molar-refractivity contribution in [3.05, 3.63) is 0 Å². The van der Waals surface area contributed by atoms with E-state index in [-0.39, 0.29) is 18.6 Å². The lowest BCUT2D eigenvalue weighted by atomic mass is 9.92. The molecule has 0 aromatic heterocycles. The fraction of sp³-hybridized carbons (Fsp3) is 0.857. The normalized spacial score (nSPS) is 17.8. The summed E-state index contributed by atoms with van der Waals surface area (Å²) in [5, 5.41) is 20.9. The zero-order valence-corrected chi connectivity index (χ0v) is 12.2. The molecule has 0 saturated carbocycles. The molecule has 0 aliphatic carbocycles. The summed E-state index contributed by atoms with van der Waals surface area (Å²) in [6.07, 6.45) is 3.88. The number of carbonyl (C=O) groups excluding carboxylic acids is 1. The minimum absolute atomic E-state index is 0.0488. The van der Waals surface area contributed by atoms with E-state index in [9.17, 15) is 14.7 Å². The molecule has 2 amide bonds. The molecule has 1 heterocycles. The van der Waals surface area contributed by atoms with Gasteiger partial charge in [0.05, 0.1) is 6.10 Å². The molecule has 1 aliphatic rings. The maximum Gasteiger partial charge on any atom is 0.317 e. The highest BCUT2D eigenvalue weighted by Gasteiger charge is 2.24. The Morgan fingerprint density at radius 1 is 1.25 bits per heavy atom. The number of unbranched alkanes of at least 4 members (excludes halogenated alkanes) is 2. The van der Waals surface area contributed by atoms with Crippen LogP contribution in [-0.2, 0) is 4.79 Å². The molecular weight excluding hydrogens is 260 g/mol. The van der Waals surface area contributed by atoms with Crippen LogP contribution in [0, 0.1) is 5.92 Å². The maximum absolute atomic E-state index is 11.9. The van der Waals surface area contributed by atoms with Gasteiger partial charge in [-0.1, -0.05) is 6.42 Å². The van der Waals surface area contributed by atoms with E-state index in [1.54, 1.807) is 11.8 Å². The van der Waals surface area contributed by atoms with Crippen molar-refractivity contribution >= 4 is 12.0 Å². The Morgan fingerprint density at radius 2 is 1.90 bits per heavy atom. The van der Waals surface area contributed by atoms with Gasteiger partial charge in [0, 0.05) is 26.1 Å². The number of aliphatic hydroxyl groups is 1. The summed E-state index contributed by atoms with van der Waals surface area (Å²) in [6, 6.07) is -0.0488. The van der Waals surface area contributed by atoms with Crippen LogP contribution in [0.3, 0.4) is 0 Å². The van der Waals surface area contributed by atoms with Crippen LogP contribution in [0.2, 0.25) is 0 Å². The first-order chi connectivity index (χ1) is 9.50. The number of aliphatic carboxylic acids is 1. The molecule has 0 radical (unpaired) electrons. The molecule has 6 nitrogen and oxygen atoms in total.